The van der Waals surface area contributed by atoms with Gasteiger partial charge in [0.1, 0.15) is 11.8 Å². The van der Waals surface area contributed by atoms with Crippen LogP contribution in [0.2, 0.25) is 0 Å². The van der Waals surface area contributed by atoms with Crippen LogP contribution >= 0.6 is 0 Å². The molecule has 2 heterocycles. The molecule has 1 fully saturated rings. The van der Waals surface area contributed by atoms with Crippen molar-refractivity contribution in [3.63, 3.8) is 0 Å². The summed E-state index contributed by atoms with van der Waals surface area (Å²) in [6.45, 7) is 1.83. The monoisotopic (exact) mass is 471 g/mol. The number of amides is 2. The molecule has 1 aliphatic rings. The van der Waals surface area contributed by atoms with Gasteiger partial charge in [-0.05, 0) is 48.7 Å². The molecule has 0 radical (unpaired) electrons. The average molecular weight is 471 g/mol. The van der Waals surface area contributed by atoms with Crippen molar-refractivity contribution in [2.24, 2.45) is 5.73 Å². The molecule has 3 N–H and O–H groups in total. The third-order valence-electron chi connectivity index (χ3n) is 5.34. The Morgan fingerprint density at radius 1 is 1.12 bits per heavy atom. The zero-order valence-electron chi connectivity index (χ0n) is 18.0. The van der Waals surface area contributed by atoms with Gasteiger partial charge in [0.2, 0.25) is 17.8 Å². The zero-order valence-corrected chi connectivity index (χ0v) is 18.0. The van der Waals surface area contributed by atoms with Gasteiger partial charge in [-0.3, -0.25) is 14.5 Å². The molecule has 2 amide bonds. The predicted molar refractivity (Wildman–Crippen MR) is 118 cm³/mol. The van der Waals surface area contributed by atoms with Crippen molar-refractivity contribution in [3.05, 3.63) is 60.4 Å². The van der Waals surface area contributed by atoms with Gasteiger partial charge in [0, 0.05) is 35.8 Å². The first-order valence-corrected chi connectivity index (χ1v) is 10.3. The van der Waals surface area contributed by atoms with Gasteiger partial charge in [0.25, 0.3) is 0 Å². The number of rotatable bonds is 6. The highest BCUT2D eigenvalue weighted by Crippen LogP contribution is 2.32. The van der Waals surface area contributed by atoms with Gasteiger partial charge in [0.15, 0.2) is 0 Å². The molecule has 176 valence electrons. The van der Waals surface area contributed by atoms with Gasteiger partial charge < -0.3 is 15.8 Å². The average Bonchev–Trinajstić information content (AvgIpc) is 3.17. The Balaban J connectivity index is 1.50. The molecule has 1 saturated heterocycles. The van der Waals surface area contributed by atoms with E-state index in [0.29, 0.717) is 28.9 Å². The van der Waals surface area contributed by atoms with Gasteiger partial charge in [-0.2, -0.15) is 0 Å². The van der Waals surface area contributed by atoms with Crippen LogP contribution in [0.15, 0.2) is 54.9 Å². The molecule has 11 heteroatoms. The van der Waals surface area contributed by atoms with Crippen LogP contribution in [0.25, 0.3) is 11.1 Å². The number of anilines is 3. The van der Waals surface area contributed by atoms with E-state index in [2.05, 4.69) is 20.0 Å². The lowest BCUT2D eigenvalue weighted by molar-refractivity contribution is -0.274. The Bertz CT molecular complexity index is 1210. The lowest BCUT2D eigenvalue weighted by Gasteiger charge is -2.25. The Morgan fingerprint density at radius 3 is 2.41 bits per heavy atom. The van der Waals surface area contributed by atoms with Crippen LogP contribution in [0.1, 0.15) is 18.4 Å². The van der Waals surface area contributed by atoms with E-state index < -0.39 is 18.3 Å². The van der Waals surface area contributed by atoms with E-state index in [-0.39, 0.29) is 24.0 Å². The molecule has 0 aliphatic carbocycles. The number of aryl methyl sites for hydroxylation is 1. The van der Waals surface area contributed by atoms with Crippen LogP contribution in [0, 0.1) is 6.92 Å². The Hall–Kier alpha value is -4.15. The van der Waals surface area contributed by atoms with Crippen molar-refractivity contribution >= 4 is 29.1 Å². The molecule has 4 rings (SSSR count). The number of ether oxygens (including phenoxy) is 1. The topological polar surface area (TPSA) is 110 Å². The van der Waals surface area contributed by atoms with Crippen LogP contribution in [0.4, 0.5) is 30.5 Å². The van der Waals surface area contributed by atoms with Crippen molar-refractivity contribution in [2.75, 3.05) is 10.2 Å². The van der Waals surface area contributed by atoms with E-state index in [4.69, 9.17) is 5.73 Å². The van der Waals surface area contributed by atoms with Crippen molar-refractivity contribution in [2.45, 2.75) is 32.2 Å². The molecule has 8 nitrogen and oxygen atoms in total. The smallest absolute Gasteiger partial charge is 0.406 e. The highest BCUT2D eigenvalue weighted by molar-refractivity contribution is 6.04. The first kappa shape index (κ1) is 23.0. The van der Waals surface area contributed by atoms with Crippen LogP contribution in [0.3, 0.4) is 0 Å². The first-order valence-electron chi connectivity index (χ1n) is 10.3. The van der Waals surface area contributed by atoms with E-state index in [9.17, 15) is 22.8 Å². The summed E-state index contributed by atoms with van der Waals surface area (Å²) in [7, 11) is 0. The molecule has 3 aromatic rings. The molecule has 0 bridgehead atoms. The fourth-order valence-electron chi connectivity index (χ4n) is 3.72. The summed E-state index contributed by atoms with van der Waals surface area (Å²) >= 11 is 0. The zero-order chi connectivity index (χ0) is 24.5. The van der Waals surface area contributed by atoms with Crippen molar-refractivity contribution in [1.29, 1.82) is 0 Å². The molecule has 1 atom stereocenters. The normalized spacial score (nSPS) is 15.9. The highest BCUT2D eigenvalue weighted by atomic mass is 19.4. The van der Waals surface area contributed by atoms with Gasteiger partial charge >= 0.3 is 6.36 Å². The van der Waals surface area contributed by atoms with Gasteiger partial charge in [-0.1, -0.05) is 18.2 Å². The van der Waals surface area contributed by atoms with Crippen LogP contribution in [-0.2, 0) is 9.59 Å². The maximum atomic E-state index is 12.4. The van der Waals surface area contributed by atoms with Gasteiger partial charge in [0.05, 0.1) is 0 Å². The standard InChI is InChI=1S/C23H20F3N5O3/c1-13-2-5-16(10-19(13)31-18(21(27)33)8-9-20(31)32)30-22-28-11-15(12-29-22)14-3-6-17(7-4-14)34-23(24,25)26/h2-7,10-12,18H,8-9H2,1H3,(H2,27,33)(H,28,29,30). The molecule has 34 heavy (non-hydrogen) atoms. The van der Waals surface area contributed by atoms with Crippen molar-refractivity contribution in [1.82, 2.24) is 9.97 Å². The molecule has 1 unspecified atom stereocenters. The van der Waals surface area contributed by atoms with E-state index >= 15 is 0 Å². The minimum absolute atomic E-state index is 0.170. The second kappa shape index (κ2) is 9.00. The Kier molecular flexibility index (Phi) is 6.10. The number of nitrogens with two attached hydrogens (primary N) is 1. The number of primary amides is 1. The Labute approximate surface area is 192 Å². The predicted octanol–water partition coefficient (Wildman–Crippen LogP) is 4.07. The minimum atomic E-state index is -4.75. The van der Waals surface area contributed by atoms with E-state index in [1.165, 1.54) is 41.6 Å². The summed E-state index contributed by atoms with van der Waals surface area (Å²) in [5.74, 6) is -0.771. The largest absolute Gasteiger partial charge is 0.573 e. The summed E-state index contributed by atoms with van der Waals surface area (Å²) in [5, 5.41) is 3.05. The fourth-order valence-corrected chi connectivity index (χ4v) is 3.72. The number of nitrogens with one attached hydrogen (secondary N) is 1. The number of alkyl halides is 3. The molecular formula is C23H20F3N5O3. The number of nitrogens with zero attached hydrogens (tertiary/aromatic N) is 3. The quantitative estimate of drug-likeness (QED) is 0.561. The van der Waals surface area contributed by atoms with E-state index in [1.807, 2.05) is 6.92 Å². The molecule has 0 saturated carbocycles. The number of halogens is 3. The van der Waals surface area contributed by atoms with Gasteiger partial charge in [-0.15, -0.1) is 13.2 Å². The fraction of sp³-hybridized carbons (Fsp3) is 0.217. The number of hydrogen-bond acceptors (Lipinski definition) is 6. The summed E-state index contributed by atoms with van der Waals surface area (Å²) < 4.78 is 40.8. The summed E-state index contributed by atoms with van der Waals surface area (Å²) in [6, 6.07) is 10.00. The SMILES string of the molecule is Cc1ccc(Nc2ncc(-c3ccc(OC(F)(F)F)cc3)cn2)cc1N1C(=O)CCC1C(N)=O. The number of carbonyl (C=O) groups excluding carboxylic acids is 2. The summed E-state index contributed by atoms with van der Waals surface area (Å²) in [6.07, 6.45) is -1.08. The third kappa shape index (κ3) is 5.08. The number of hydrogen-bond donors (Lipinski definition) is 2. The maximum absolute atomic E-state index is 12.4. The van der Waals surface area contributed by atoms with Crippen molar-refractivity contribution in [3.8, 4) is 16.9 Å². The molecule has 1 aliphatic heterocycles. The van der Waals surface area contributed by atoms with E-state index in [1.54, 1.807) is 18.2 Å². The van der Waals surface area contributed by atoms with Gasteiger partial charge in [-0.25, -0.2) is 9.97 Å². The third-order valence-corrected chi connectivity index (χ3v) is 5.34. The molecule has 2 aromatic carbocycles. The molecule has 0 spiro atoms. The minimum Gasteiger partial charge on any atom is -0.406 e. The summed E-state index contributed by atoms with van der Waals surface area (Å²) in [5.41, 5.74) is 8.67. The second-order valence-corrected chi connectivity index (χ2v) is 7.71. The summed E-state index contributed by atoms with van der Waals surface area (Å²) in [4.78, 5) is 34.1. The maximum Gasteiger partial charge on any atom is 0.573 e. The van der Waals surface area contributed by atoms with E-state index in [0.717, 1.165) is 5.56 Å². The van der Waals surface area contributed by atoms with Crippen LogP contribution < -0.4 is 20.7 Å². The molecular weight excluding hydrogens is 451 g/mol. The number of aromatic nitrogens is 2. The highest BCUT2D eigenvalue weighted by Gasteiger charge is 2.36. The number of carbonyl (C=O) groups is 2. The lowest BCUT2D eigenvalue weighted by atomic mass is 10.1. The first-order chi connectivity index (χ1) is 16.1. The van der Waals surface area contributed by atoms with Crippen molar-refractivity contribution < 1.29 is 27.5 Å². The van der Waals surface area contributed by atoms with Crippen LogP contribution in [0.5, 0.6) is 5.75 Å². The molecule has 1 aromatic heterocycles. The second-order valence-electron chi connectivity index (χ2n) is 7.71. The lowest BCUT2D eigenvalue weighted by Crippen LogP contribution is -2.42. The number of benzene rings is 2. The Morgan fingerprint density at radius 2 is 1.79 bits per heavy atom. The van der Waals surface area contributed by atoms with Crippen LogP contribution in [-0.4, -0.2) is 34.2 Å².